The van der Waals surface area contributed by atoms with Crippen molar-refractivity contribution in [2.24, 2.45) is 0 Å². The molecule has 158 valence electrons. The van der Waals surface area contributed by atoms with E-state index >= 15 is 0 Å². The smallest absolute Gasteiger partial charge is 0.276 e. The van der Waals surface area contributed by atoms with Crippen molar-refractivity contribution in [1.29, 1.82) is 0 Å². The highest BCUT2D eigenvalue weighted by Gasteiger charge is 2.41. The van der Waals surface area contributed by atoms with Crippen LogP contribution in [0.25, 0.3) is 0 Å². The monoisotopic (exact) mass is 423 g/mol. The van der Waals surface area contributed by atoms with E-state index in [1.54, 1.807) is 12.2 Å². The van der Waals surface area contributed by atoms with Gasteiger partial charge in [0.05, 0.1) is 18.6 Å². The molecule has 30 heavy (non-hydrogen) atoms. The lowest BCUT2D eigenvalue weighted by Gasteiger charge is -2.44. The number of nitrogens with zero attached hydrogens (tertiary/aromatic N) is 2. The molecular formula is C20H19F2N3O5. The highest BCUT2D eigenvalue weighted by molar-refractivity contribution is 5.99. The standard InChI is InChI=1S/C20H19F2N3O5/c1-10-4-5-30-15-9-24-8-13(17(26)18(27)16(24)20(29)25(10)15)19(28)23-7-11-2-3-12(21)6-14(11)22/h2-3,6,8,10,15,27H,4-5,7,9H2,1H3,(H,23,28)/t10-,15+/m1/s1/i7D2,9D2. The van der Waals surface area contributed by atoms with Crippen LogP contribution in [-0.2, 0) is 17.7 Å². The summed E-state index contributed by atoms with van der Waals surface area (Å²) in [5.74, 6) is -5.76. The van der Waals surface area contributed by atoms with Gasteiger partial charge in [-0.1, -0.05) is 6.07 Å². The maximum atomic E-state index is 14.1. The zero-order chi connectivity index (χ0) is 25.2. The van der Waals surface area contributed by atoms with Gasteiger partial charge < -0.3 is 24.6 Å². The van der Waals surface area contributed by atoms with Gasteiger partial charge in [0.1, 0.15) is 17.2 Å². The van der Waals surface area contributed by atoms with Crippen molar-refractivity contribution in [1.82, 2.24) is 14.8 Å². The first kappa shape index (κ1) is 15.6. The zero-order valence-electron chi connectivity index (χ0n) is 19.6. The van der Waals surface area contributed by atoms with Gasteiger partial charge in [-0.2, -0.15) is 0 Å². The van der Waals surface area contributed by atoms with Crippen molar-refractivity contribution < 1.29 is 33.7 Å². The molecule has 8 nitrogen and oxygen atoms in total. The van der Waals surface area contributed by atoms with E-state index in [1.807, 2.05) is 0 Å². The van der Waals surface area contributed by atoms with Gasteiger partial charge in [0.2, 0.25) is 5.43 Å². The molecule has 1 aromatic heterocycles. The van der Waals surface area contributed by atoms with Crippen LogP contribution in [0.5, 0.6) is 5.75 Å². The number of rotatable bonds is 3. The average molecular weight is 423 g/mol. The normalized spacial score (nSPS) is 24.6. The summed E-state index contributed by atoms with van der Waals surface area (Å²) in [5, 5.41) is 12.3. The third-order valence-corrected chi connectivity index (χ3v) is 4.90. The van der Waals surface area contributed by atoms with Crippen molar-refractivity contribution in [3.05, 3.63) is 63.1 Å². The van der Waals surface area contributed by atoms with Crippen LogP contribution in [0.2, 0.25) is 0 Å². The summed E-state index contributed by atoms with van der Waals surface area (Å²) in [5.41, 5.74) is -3.67. The summed E-state index contributed by atoms with van der Waals surface area (Å²) in [6.07, 6.45) is -0.325. The Morgan fingerprint density at radius 2 is 2.20 bits per heavy atom. The molecule has 3 heterocycles. The highest BCUT2D eigenvalue weighted by Crippen LogP contribution is 2.29. The summed E-state index contributed by atoms with van der Waals surface area (Å²) in [7, 11) is 0. The van der Waals surface area contributed by atoms with E-state index in [0.717, 1.165) is 17.0 Å². The Bertz CT molecular complexity index is 1270. The largest absolute Gasteiger partial charge is 0.503 e. The summed E-state index contributed by atoms with van der Waals surface area (Å²) >= 11 is 0. The van der Waals surface area contributed by atoms with Crippen LogP contribution >= 0.6 is 0 Å². The summed E-state index contributed by atoms with van der Waals surface area (Å²) in [6, 6.07) is 1.51. The van der Waals surface area contributed by atoms with Crippen molar-refractivity contribution in [2.45, 2.75) is 38.6 Å². The summed E-state index contributed by atoms with van der Waals surface area (Å²) in [4.78, 5) is 39.6. The Kier molecular flexibility index (Phi) is 3.90. The number of carbonyl (C=O) groups is 2. The number of aromatic hydroxyl groups is 1. The van der Waals surface area contributed by atoms with Gasteiger partial charge in [-0.3, -0.25) is 14.4 Å². The van der Waals surface area contributed by atoms with Crippen molar-refractivity contribution >= 4 is 11.8 Å². The molecule has 4 rings (SSSR count). The Morgan fingerprint density at radius 3 is 2.93 bits per heavy atom. The van der Waals surface area contributed by atoms with Crippen LogP contribution in [0.1, 0.15) is 45.2 Å². The van der Waals surface area contributed by atoms with E-state index in [9.17, 15) is 28.3 Å². The third-order valence-electron chi connectivity index (χ3n) is 4.90. The molecule has 2 atom stereocenters. The zero-order valence-corrected chi connectivity index (χ0v) is 15.6. The van der Waals surface area contributed by atoms with E-state index in [0.29, 0.717) is 23.3 Å². The van der Waals surface area contributed by atoms with Gasteiger partial charge in [0, 0.05) is 30.4 Å². The number of fused-ring (bicyclic) bond motifs is 2. The lowest BCUT2D eigenvalue weighted by molar-refractivity contribution is -0.112. The Hall–Kier alpha value is -3.27. The van der Waals surface area contributed by atoms with Crippen LogP contribution in [-0.4, -0.2) is 45.3 Å². The molecule has 1 aromatic carbocycles. The van der Waals surface area contributed by atoms with Gasteiger partial charge in [0.15, 0.2) is 17.7 Å². The van der Waals surface area contributed by atoms with Crippen LogP contribution in [0.15, 0.2) is 29.2 Å². The summed E-state index contributed by atoms with van der Waals surface area (Å²) < 4.78 is 66.2. The molecule has 0 spiro atoms. The first-order chi connectivity index (χ1) is 15.8. The molecule has 0 bridgehead atoms. The predicted molar refractivity (Wildman–Crippen MR) is 99.9 cm³/mol. The minimum atomic E-state index is -2.91. The second-order valence-electron chi connectivity index (χ2n) is 6.84. The molecule has 2 aliphatic rings. The molecule has 2 amide bonds. The topological polar surface area (TPSA) is 101 Å². The maximum Gasteiger partial charge on any atom is 0.276 e. The molecular weight excluding hydrogens is 400 g/mol. The number of pyridine rings is 1. The minimum absolute atomic E-state index is 0.146. The number of aromatic nitrogens is 1. The van der Waals surface area contributed by atoms with Crippen molar-refractivity contribution in [3.63, 3.8) is 0 Å². The first-order valence-corrected chi connectivity index (χ1v) is 8.98. The Balaban J connectivity index is 1.78. The predicted octanol–water partition coefficient (Wildman–Crippen LogP) is 1.35. The molecule has 0 unspecified atom stereocenters. The van der Waals surface area contributed by atoms with Gasteiger partial charge in [-0.15, -0.1) is 0 Å². The molecule has 0 saturated carbocycles. The second kappa shape index (κ2) is 7.52. The van der Waals surface area contributed by atoms with Gasteiger partial charge in [0.25, 0.3) is 11.8 Å². The highest BCUT2D eigenvalue weighted by atomic mass is 19.1. The number of carbonyl (C=O) groups excluding carboxylic acids is 2. The Morgan fingerprint density at radius 1 is 1.43 bits per heavy atom. The van der Waals surface area contributed by atoms with E-state index in [-0.39, 0.29) is 6.61 Å². The summed E-state index contributed by atoms with van der Waals surface area (Å²) in [6.45, 7) is -3.62. The number of amides is 2. The average Bonchev–Trinajstić information content (AvgIpc) is 2.73. The molecule has 0 aliphatic carbocycles. The van der Waals surface area contributed by atoms with E-state index in [4.69, 9.17) is 10.2 Å². The van der Waals surface area contributed by atoms with Crippen LogP contribution in [0.3, 0.4) is 0 Å². The number of benzene rings is 1. The van der Waals surface area contributed by atoms with Gasteiger partial charge >= 0.3 is 0 Å². The fourth-order valence-electron chi connectivity index (χ4n) is 3.30. The van der Waals surface area contributed by atoms with E-state index in [1.165, 1.54) is 0 Å². The molecule has 0 radical (unpaired) electrons. The third kappa shape index (κ3) is 3.32. The number of hydrogen-bond acceptors (Lipinski definition) is 5. The lowest BCUT2D eigenvalue weighted by atomic mass is 10.1. The van der Waals surface area contributed by atoms with Crippen LogP contribution < -0.4 is 10.7 Å². The minimum Gasteiger partial charge on any atom is -0.503 e. The number of halogens is 2. The van der Waals surface area contributed by atoms with E-state index < -0.39 is 76.7 Å². The quantitative estimate of drug-likeness (QED) is 0.776. The van der Waals surface area contributed by atoms with Crippen LogP contribution in [0, 0.1) is 11.6 Å². The SMILES string of the molecule is [2H]C([2H])(NC(=O)c1cn2c(c(O)c1=O)C(=O)N1[C@H](C)CCO[C@H]1C2([2H])[2H])c1ccc(F)cc1F. The van der Waals surface area contributed by atoms with Crippen LogP contribution in [0.4, 0.5) is 8.78 Å². The molecule has 2 aromatic rings. The first-order valence-electron chi connectivity index (χ1n) is 11.0. The number of nitrogens with one attached hydrogen (secondary N) is 1. The molecule has 2 N–H and O–H groups in total. The van der Waals surface area contributed by atoms with E-state index in [2.05, 4.69) is 0 Å². The van der Waals surface area contributed by atoms with Crippen molar-refractivity contribution in [2.75, 3.05) is 6.61 Å². The fourth-order valence-corrected chi connectivity index (χ4v) is 3.30. The fraction of sp³-hybridized carbons (Fsp3) is 0.350. The molecule has 1 fully saturated rings. The maximum absolute atomic E-state index is 14.1. The molecule has 10 heteroatoms. The number of ether oxygens (including phenoxy) is 1. The second-order valence-corrected chi connectivity index (χ2v) is 6.84. The molecule has 2 aliphatic heterocycles. The Labute approximate surface area is 175 Å². The van der Waals surface area contributed by atoms with Gasteiger partial charge in [-0.05, 0) is 19.4 Å². The lowest BCUT2D eigenvalue weighted by Crippen LogP contribution is -2.57. The number of hydrogen-bond donors (Lipinski definition) is 2. The van der Waals surface area contributed by atoms with Crippen molar-refractivity contribution in [3.8, 4) is 5.75 Å². The van der Waals surface area contributed by atoms with Gasteiger partial charge in [-0.25, -0.2) is 8.78 Å². The molecule has 1 saturated heterocycles.